The minimum atomic E-state index is -0.565. The van der Waals surface area contributed by atoms with Gasteiger partial charge >= 0.3 is 5.97 Å². The number of aromatic nitrogens is 4. The van der Waals surface area contributed by atoms with E-state index >= 15 is 0 Å². The molecule has 1 N–H and O–H groups in total. The van der Waals surface area contributed by atoms with Crippen molar-refractivity contribution in [1.29, 1.82) is 0 Å². The summed E-state index contributed by atoms with van der Waals surface area (Å²) in [6, 6.07) is 13.8. The molecule has 0 fully saturated rings. The van der Waals surface area contributed by atoms with E-state index in [2.05, 4.69) is 15.5 Å². The lowest BCUT2D eigenvalue weighted by Gasteiger charge is -2.14. The molecular weight excluding hydrogens is 398 g/mol. The lowest BCUT2D eigenvalue weighted by molar-refractivity contribution is -0.116. The Kier molecular flexibility index (Phi) is 5.24. The predicted octanol–water partition coefficient (Wildman–Crippen LogP) is 2.59. The zero-order valence-electron chi connectivity index (χ0n) is 17.3. The fourth-order valence-electron chi connectivity index (χ4n) is 3.53. The van der Waals surface area contributed by atoms with E-state index in [1.807, 2.05) is 26.0 Å². The third-order valence-corrected chi connectivity index (χ3v) is 4.96. The molecule has 2 heterocycles. The molecule has 2 aromatic heterocycles. The molecule has 4 rings (SSSR count). The molecule has 0 atom stereocenters. The molecule has 1 amide bonds. The minimum absolute atomic E-state index is 0.0618. The van der Waals surface area contributed by atoms with Gasteiger partial charge in [-0.05, 0) is 24.3 Å². The van der Waals surface area contributed by atoms with Gasteiger partial charge in [-0.2, -0.15) is 0 Å². The van der Waals surface area contributed by atoms with Gasteiger partial charge in [-0.15, -0.1) is 10.2 Å². The third kappa shape index (κ3) is 3.54. The Morgan fingerprint density at radius 3 is 2.42 bits per heavy atom. The monoisotopic (exact) mass is 419 g/mol. The number of nitrogens with one attached hydrogen (secondary N) is 1. The number of fused-ring (bicyclic) bond motifs is 3. The van der Waals surface area contributed by atoms with E-state index in [4.69, 9.17) is 4.74 Å². The van der Waals surface area contributed by atoms with E-state index in [1.54, 1.807) is 40.8 Å². The SMILES string of the molecule is COC(=O)c1ccccc1NC(=O)Cn1c(=O)c2nnc(C(C)C)n2c2ccccc21. The molecule has 0 saturated carbocycles. The van der Waals surface area contributed by atoms with Crippen molar-refractivity contribution in [3.8, 4) is 0 Å². The number of anilines is 1. The summed E-state index contributed by atoms with van der Waals surface area (Å²) in [5.41, 5.74) is 1.58. The summed E-state index contributed by atoms with van der Waals surface area (Å²) in [7, 11) is 1.27. The molecule has 158 valence electrons. The first-order chi connectivity index (χ1) is 14.9. The van der Waals surface area contributed by atoms with Crippen LogP contribution >= 0.6 is 0 Å². The highest BCUT2D eigenvalue weighted by molar-refractivity contribution is 6.01. The summed E-state index contributed by atoms with van der Waals surface area (Å²) >= 11 is 0. The Morgan fingerprint density at radius 2 is 1.71 bits per heavy atom. The molecule has 0 unspecified atom stereocenters. The number of hydrogen-bond donors (Lipinski definition) is 1. The number of carbonyl (C=O) groups is 2. The molecule has 2 aromatic carbocycles. The fraction of sp³-hybridized carbons (Fsp3) is 0.227. The van der Waals surface area contributed by atoms with Gasteiger partial charge in [0.25, 0.3) is 5.56 Å². The molecule has 0 radical (unpaired) electrons. The van der Waals surface area contributed by atoms with Crippen LogP contribution in [0.25, 0.3) is 16.7 Å². The van der Waals surface area contributed by atoms with Crippen molar-refractivity contribution in [3.63, 3.8) is 0 Å². The number of methoxy groups -OCH3 is 1. The summed E-state index contributed by atoms with van der Waals surface area (Å²) < 4.78 is 7.86. The number of ether oxygens (including phenoxy) is 1. The second-order valence-electron chi connectivity index (χ2n) is 7.34. The van der Waals surface area contributed by atoms with Crippen LogP contribution in [0.15, 0.2) is 53.3 Å². The van der Waals surface area contributed by atoms with Gasteiger partial charge < -0.3 is 10.1 Å². The van der Waals surface area contributed by atoms with Gasteiger partial charge in [-0.3, -0.25) is 18.6 Å². The van der Waals surface area contributed by atoms with Crippen molar-refractivity contribution < 1.29 is 14.3 Å². The first-order valence-corrected chi connectivity index (χ1v) is 9.76. The van der Waals surface area contributed by atoms with Gasteiger partial charge in [-0.1, -0.05) is 38.1 Å². The summed E-state index contributed by atoms with van der Waals surface area (Å²) in [5, 5.41) is 11.0. The van der Waals surface area contributed by atoms with E-state index < -0.39 is 17.4 Å². The topological polar surface area (TPSA) is 108 Å². The van der Waals surface area contributed by atoms with Gasteiger partial charge in [0.1, 0.15) is 12.4 Å². The van der Waals surface area contributed by atoms with Crippen molar-refractivity contribution >= 4 is 34.2 Å². The summed E-state index contributed by atoms with van der Waals surface area (Å²) in [6.45, 7) is 3.70. The van der Waals surface area contributed by atoms with Crippen LogP contribution in [0.4, 0.5) is 5.69 Å². The quantitative estimate of drug-likeness (QED) is 0.498. The number of amides is 1. The first-order valence-electron chi connectivity index (χ1n) is 9.76. The lowest BCUT2D eigenvalue weighted by Crippen LogP contribution is -2.30. The Hall–Kier alpha value is -4.01. The summed E-state index contributed by atoms with van der Waals surface area (Å²) in [6.07, 6.45) is 0. The number of nitrogens with zero attached hydrogens (tertiary/aromatic N) is 4. The van der Waals surface area contributed by atoms with Crippen LogP contribution in [0.3, 0.4) is 0 Å². The number of carbonyl (C=O) groups excluding carboxylic acids is 2. The summed E-state index contributed by atoms with van der Waals surface area (Å²) in [4.78, 5) is 38.0. The van der Waals surface area contributed by atoms with Gasteiger partial charge in [0, 0.05) is 5.92 Å². The molecule has 0 aliphatic heterocycles. The van der Waals surface area contributed by atoms with E-state index in [-0.39, 0.29) is 23.7 Å². The normalized spacial score (nSPS) is 11.2. The highest BCUT2D eigenvalue weighted by Gasteiger charge is 2.20. The number of esters is 1. The molecule has 0 spiro atoms. The summed E-state index contributed by atoms with van der Waals surface area (Å²) in [5.74, 6) is -0.292. The van der Waals surface area contributed by atoms with Gasteiger partial charge in [-0.25, -0.2) is 4.79 Å². The average molecular weight is 419 g/mol. The Bertz CT molecular complexity index is 1370. The molecular formula is C22H21N5O4. The zero-order valence-corrected chi connectivity index (χ0v) is 17.3. The Morgan fingerprint density at radius 1 is 1.03 bits per heavy atom. The number of benzene rings is 2. The van der Waals surface area contributed by atoms with Crippen molar-refractivity contribution in [1.82, 2.24) is 19.2 Å². The molecule has 0 aliphatic rings. The van der Waals surface area contributed by atoms with Crippen molar-refractivity contribution in [2.45, 2.75) is 26.3 Å². The maximum absolute atomic E-state index is 13.2. The number of para-hydroxylation sites is 3. The van der Waals surface area contributed by atoms with Crippen LogP contribution in [0.2, 0.25) is 0 Å². The third-order valence-electron chi connectivity index (χ3n) is 4.96. The van der Waals surface area contributed by atoms with Crippen LogP contribution in [-0.4, -0.2) is 38.2 Å². The molecule has 4 aromatic rings. The molecule has 0 bridgehead atoms. The molecule has 0 saturated heterocycles. The average Bonchev–Trinajstić information content (AvgIpc) is 3.22. The maximum atomic E-state index is 13.2. The molecule has 0 aliphatic carbocycles. The maximum Gasteiger partial charge on any atom is 0.339 e. The van der Waals surface area contributed by atoms with Crippen molar-refractivity contribution in [2.75, 3.05) is 12.4 Å². The van der Waals surface area contributed by atoms with Gasteiger partial charge in [0.2, 0.25) is 11.6 Å². The van der Waals surface area contributed by atoms with Crippen LogP contribution in [0.1, 0.15) is 35.9 Å². The highest BCUT2D eigenvalue weighted by atomic mass is 16.5. The second-order valence-corrected chi connectivity index (χ2v) is 7.34. The number of rotatable bonds is 5. The second kappa shape index (κ2) is 8.02. The van der Waals surface area contributed by atoms with E-state index in [0.717, 1.165) is 5.52 Å². The molecule has 31 heavy (non-hydrogen) atoms. The van der Waals surface area contributed by atoms with Crippen LogP contribution < -0.4 is 10.9 Å². The lowest BCUT2D eigenvalue weighted by atomic mass is 10.2. The van der Waals surface area contributed by atoms with Crippen LogP contribution in [0.5, 0.6) is 0 Å². The standard InChI is InChI=1S/C22H21N5O4/c1-13(2)19-24-25-20-21(29)26(16-10-6-7-11-17(16)27(19)20)12-18(28)23-15-9-5-4-8-14(15)22(30)31-3/h4-11,13H,12H2,1-3H3,(H,23,28). The molecule has 9 nitrogen and oxygen atoms in total. The van der Waals surface area contributed by atoms with Gasteiger partial charge in [0.05, 0.1) is 29.4 Å². The minimum Gasteiger partial charge on any atom is -0.465 e. The van der Waals surface area contributed by atoms with E-state index in [0.29, 0.717) is 17.0 Å². The Labute approximate surface area is 177 Å². The fourth-order valence-corrected chi connectivity index (χ4v) is 3.53. The van der Waals surface area contributed by atoms with Crippen LogP contribution in [0, 0.1) is 0 Å². The number of hydrogen-bond acceptors (Lipinski definition) is 6. The van der Waals surface area contributed by atoms with E-state index in [9.17, 15) is 14.4 Å². The smallest absolute Gasteiger partial charge is 0.339 e. The largest absolute Gasteiger partial charge is 0.465 e. The highest BCUT2D eigenvalue weighted by Crippen LogP contribution is 2.20. The van der Waals surface area contributed by atoms with Crippen molar-refractivity contribution in [2.24, 2.45) is 0 Å². The van der Waals surface area contributed by atoms with E-state index in [1.165, 1.54) is 11.7 Å². The first kappa shape index (κ1) is 20.3. The zero-order chi connectivity index (χ0) is 22.1. The molecule has 9 heteroatoms. The van der Waals surface area contributed by atoms with Crippen LogP contribution in [-0.2, 0) is 16.1 Å². The van der Waals surface area contributed by atoms with Crippen molar-refractivity contribution in [3.05, 3.63) is 70.3 Å². The van der Waals surface area contributed by atoms with Gasteiger partial charge in [0.15, 0.2) is 0 Å². The Balaban J connectivity index is 1.78. The predicted molar refractivity (Wildman–Crippen MR) is 115 cm³/mol.